The molecule has 1 aromatic heterocycles. The first-order valence-electron chi connectivity index (χ1n) is 32.1. The van der Waals surface area contributed by atoms with Gasteiger partial charge in [0.25, 0.3) is 31.8 Å². The van der Waals surface area contributed by atoms with E-state index in [2.05, 4.69) is 35.8 Å². The fourth-order valence-electron chi connectivity index (χ4n) is 12.3. The van der Waals surface area contributed by atoms with E-state index in [-0.39, 0.29) is 145 Å². The van der Waals surface area contributed by atoms with Gasteiger partial charge in [-0.1, -0.05) is 24.8 Å². The molecule has 0 bridgehead atoms. The Kier molecular flexibility index (Phi) is 24.2. The van der Waals surface area contributed by atoms with E-state index in [1.165, 1.54) is 47.3 Å². The molecule has 0 radical (unpaired) electrons. The number of carbonyl (C=O) groups excluding carboxylic acids is 2. The Hall–Kier alpha value is -8.51. The second-order valence-corrected chi connectivity index (χ2v) is 33.0. The molecule has 0 spiro atoms. The average molecular weight is 1600 g/mol. The number of nitro groups is 1. The van der Waals surface area contributed by atoms with Crippen LogP contribution in [0.5, 0.6) is 11.5 Å². The number of imidazole rings is 1. The zero-order chi connectivity index (χ0) is 78.1. The van der Waals surface area contributed by atoms with Crippen LogP contribution in [-0.4, -0.2) is 197 Å². The summed E-state index contributed by atoms with van der Waals surface area (Å²) in [6.07, 6.45) is -1.17. The van der Waals surface area contributed by atoms with Crippen molar-refractivity contribution >= 4 is 107 Å². The minimum atomic E-state index is -5.92. The maximum Gasteiger partial charge on any atom is 0.508 e. The number of hydrogen-bond donors (Lipinski definition) is 10. The highest BCUT2D eigenvalue weighted by atomic mass is 32.2. The second kappa shape index (κ2) is 32.0. The number of rotatable bonds is 33. The van der Waals surface area contributed by atoms with Gasteiger partial charge in [0.1, 0.15) is 60.8 Å². The van der Waals surface area contributed by atoms with E-state index in [0.717, 1.165) is 0 Å². The lowest BCUT2D eigenvalue weighted by molar-refractivity contribution is -0.387. The minimum absolute atomic E-state index is 0.00744. The predicted molar refractivity (Wildman–Crippen MR) is 376 cm³/mol. The maximum atomic E-state index is 13.7. The molecular weight excluding hydrogens is 1520 g/mol. The van der Waals surface area contributed by atoms with Crippen molar-refractivity contribution in [3.8, 4) is 11.5 Å². The van der Waals surface area contributed by atoms with Gasteiger partial charge in [-0.2, -0.15) is 30.4 Å². The molecule has 10 rings (SSSR count). The molecule has 1 saturated heterocycles. The summed E-state index contributed by atoms with van der Waals surface area (Å²) < 4.78 is 167. The molecular formula is C63H75N9O30P3S2+. The molecule has 107 heavy (non-hydrogen) atoms. The van der Waals surface area contributed by atoms with Gasteiger partial charge >= 0.3 is 35.6 Å². The molecule has 4 aromatic carbocycles. The van der Waals surface area contributed by atoms with Crippen LogP contribution < -0.4 is 41.2 Å². The summed E-state index contributed by atoms with van der Waals surface area (Å²) in [7, 11) is -22.9. The van der Waals surface area contributed by atoms with Crippen LogP contribution >= 0.6 is 23.5 Å². The van der Waals surface area contributed by atoms with Crippen molar-refractivity contribution in [2.45, 2.75) is 76.8 Å². The number of likely N-dealkylation sites (N-methyl/N-ethyl adjacent to an activating group) is 2. The topological polar surface area (TPSA) is 543 Å². The molecule has 5 aliphatic rings. The molecule has 2 unspecified atom stereocenters. The number of phosphoric acid groups is 3. The number of aliphatic imine (C=N–C) groups is 1. The molecule has 0 aliphatic carbocycles. The number of benzene rings is 4. The molecule has 11 N–H and O–H groups in total. The normalized spacial score (nSPS) is 19.0. The Labute approximate surface area is 609 Å². The largest absolute Gasteiger partial charge is 0.508 e. The molecule has 0 saturated carbocycles. The van der Waals surface area contributed by atoms with Gasteiger partial charge in [-0.25, -0.2) is 32.8 Å². The number of nitrogens with zero attached hydrogens (tertiary/aromatic N) is 6. The van der Waals surface area contributed by atoms with E-state index in [4.69, 9.17) is 57.9 Å². The number of nitrogens with two attached hydrogens (primary N) is 1. The Morgan fingerprint density at radius 2 is 1.46 bits per heavy atom. The third-order valence-corrected chi connectivity index (χ3v) is 22.5. The van der Waals surface area contributed by atoms with Crippen molar-refractivity contribution in [2.24, 2.45) is 10.7 Å². The first-order chi connectivity index (χ1) is 50.0. The Morgan fingerprint density at radius 1 is 0.822 bits per heavy atom. The number of fused-ring (bicyclic) bond motifs is 5. The fraction of sp³-hybridized carbons (Fsp3) is 0.397. The fourth-order valence-corrected chi connectivity index (χ4v) is 16.6. The molecule has 578 valence electrons. The number of guanidine groups is 1. The molecule has 5 atom stereocenters. The summed E-state index contributed by atoms with van der Waals surface area (Å²) in [5, 5.41) is 29.5. The van der Waals surface area contributed by atoms with Crippen LogP contribution in [0.1, 0.15) is 100 Å². The minimum Gasteiger partial charge on any atom is -0.478 e. The smallest absolute Gasteiger partial charge is 0.478 e. The van der Waals surface area contributed by atoms with Crippen molar-refractivity contribution < 1.29 is 135 Å². The van der Waals surface area contributed by atoms with Gasteiger partial charge in [0.15, 0.2) is 17.3 Å². The molecule has 6 heterocycles. The first kappa shape index (κ1) is 81.0. The molecule has 1 fully saturated rings. The predicted octanol–water partition coefficient (Wildman–Crippen LogP) is 4.40. The van der Waals surface area contributed by atoms with Crippen LogP contribution in [0.3, 0.4) is 0 Å². The summed E-state index contributed by atoms with van der Waals surface area (Å²) in [6.45, 7) is 9.64. The van der Waals surface area contributed by atoms with Gasteiger partial charge in [0.05, 0.1) is 110 Å². The lowest BCUT2D eigenvalue weighted by Gasteiger charge is -2.41. The number of aromatic carboxylic acids is 1. The summed E-state index contributed by atoms with van der Waals surface area (Å²) >= 11 is 0. The second-order valence-electron chi connectivity index (χ2n) is 25.7. The lowest BCUT2D eigenvalue weighted by atomic mass is 9.83. The third-order valence-electron chi connectivity index (χ3n) is 17.4. The number of carbonyl (C=O) groups is 3. The number of carboxylic acids is 1. The van der Waals surface area contributed by atoms with Gasteiger partial charge in [-0.3, -0.25) is 33.1 Å². The molecule has 5 aromatic rings. The van der Waals surface area contributed by atoms with Gasteiger partial charge < -0.3 is 83.8 Å². The van der Waals surface area contributed by atoms with Gasteiger partial charge in [0, 0.05) is 73.1 Å². The van der Waals surface area contributed by atoms with E-state index in [9.17, 15) is 79.0 Å². The number of anilines is 1. The Bertz CT molecular complexity index is 5060. The first-order valence-corrected chi connectivity index (χ1v) is 39.8. The molecule has 44 heteroatoms. The number of amides is 1. The maximum absolute atomic E-state index is 13.7. The highest BCUT2D eigenvalue weighted by Gasteiger charge is 2.46. The van der Waals surface area contributed by atoms with E-state index in [1.807, 2.05) is 37.2 Å². The molecule has 5 aliphatic heterocycles. The standard InChI is InChI=1S/C63H74N9O30P3S2/c1-35-55-57(68-60(64)67-35)71(34-66-55)53-26-51(52(99-53)31-97-104(82,83)102-105(84,85)101-103(79,80)81)100-61(76)96-30-38-10-8-9-37(56(38)72(77)78)29-95-20-19-94-18-17-93-16-15-92-14-13-65-58(73)36-11-12-41(44(21-36)59(74)75)54-45-22-42-39(32-106(86,87)88)27-62(2,3)69(6)47(42)24-49(45)98-50-25-48-43(23-46(50)54)40(33-107(89,90)91)28-63(4,5)70(48)7/h8-12,21-25,27-28,34,51-53H,1,13-20,26,29-33H2,2-7H3,(H10-,64,65,67,68,73,74,75,79,80,81,82,83,84,85,86,87,88,89,90,91)/p+1/t51-,52-,53-/m1/s1. The van der Waals surface area contributed by atoms with Crippen LogP contribution in [0.15, 0.2) is 90.7 Å². The number of ether oxygens (including phenoxy) is 8. The zero-order valence-electron chi connectivity index (χ0n) is 57.8. The number of aromatic nitrogens is 2. The average Bonchev–Trinajstić information content (AvgIpc) is 1.34. The third kappa shape index (κ3) is 19.9. The summed E-state index contributed by atoms with van der Waals surface area (Å²) in [5.74, 6) is -3.06. The summed E-state index contributed by atoms with van der Waals surface area (Å²) in [6, 6.07) is 14.9. The highest BCUT2D eigenvalue weighted by molar-refractivity contribution is 7.86. The van der Waals surface area contributed by atoms with Crippen molar-refractivity contribution in [3.05, 3.63) is 157 Å². The summed E-state index contributed by atoms with van der Waals surface area (Å²) in [5.41, 5.74) is 6.47. The lowest BCUT2D eigenvalue weighted by Crippen LogP contribution is -2.47. The quantitative estimate of drug-likeness (QED) is 0.00519. The van der Waals surface area contributed by atoms with E-state index < -0.39 is 127 Å². The van der Waals surface area contributed by atoms with Gasteiger partial charge in [-0.15, -0.1) is 0 Å². The number of nitro benzene ring substituents is 1. The van der Waals surface area contributed by atoms with E-state index >= 15 is 0 Å². The van der Waals surface area contributed by atoms with Gasteiger partial charge in [-0.05, 0) is 73.0 Å². The monoisotopic (exact) mass is 1590 g/mol. The molecule has 39 nitrogen and oxygen atoms in total. The summed E-state index contributed by atoms with van der Waals surface area (Å²) in [4.78, 5) is 99.8. The highest BCUT2D eigenvalue weighted by Crippen LogP contribution is 2.66. The number of hydrogen-bond acceptors (Lipinski definition) is 28. The van der Waals surface area contributed by atoms with Crippen LogP contribution in [0.25, 0.3) is 22.4 Å². The van der Waals surface area contributed by atoms with Crippen LogP contribution in [0.4, 0.5) is 22.0 Å². The zero-order valence-corrected chi connectivity index (χ0v) is 62.1. The number of nitrogens with one attached hydrogen (secondary N) is 2. The number of carboxylic acid groups (broad SMARTS) is 1. The number of para-hydroxylation sites is 1. The molecule has 1 amide bonds. The van der Waals surface area contributed by atoms with Crippen LogP contribution in [0.2, 0.25) is 0 Å². The van der Waals surface area contributed by atoms with Crippen molar-refractivity contribution in [2.75, 3.05) is 89.9 Å². The van der Waals surface area contributed by atoms with E-state index in [1.54, 1.807) is 50.5 Å². The van der Waals surface area contributed by atoms with E-state index in [0.29, 0.717) is 33.0 Å². The van der Waals surface area contributed by atoms with Crippen molar-refractivity contribution in [1.29, 1.82) is 0 Å². The number of phosphoric ester groups is 1. The SMILES string of the molecule is C=C1NC(N)=Nc2c1ncn2[C@H]1C[C@@H](OC(=O)OCc2cccc(COCCOCCOCCOCCNC(=O)c3ccc(C4=c5cc6c(cc5Oc5cc7c(cc54)C(CS(=O)(=O)O)=CC(C)(C)N7C)=[N+](C)C(C)(C)C=C6CS(=O)(=O)O)c(C(=O)O)c3)c2[N+](=O)[O-])[C@@H](COP(=O)(O)OP(=O)(O)OP(=O)(O)O)O1. The van der Waals surface area contributed by atoms with Crippen LogP contribution in [-0.2, 0) is 93.4 Å². The Morgan fingerprint density at radius 3 is 2.09 bits per heavy atom. The van der Waals surface area contributed by atoms with Gasteiger partial charge in [0.2, 0.25) is 5.36 Å². The Balaban J connectivity index is 0.700. The van der Waals surface area contributed by atoms with Crippen LogP contribution in [0, 0.1) is 10.1 Å². The van der Waals surface area contributed by atoms with Crippen molar-refractivity contribution in [3.63, 3.8) is 0 Å². The van der Waals surface area contributed by atoms with Crippen molar-refractivity contribution in [1.82, 2.24) is 24.8 Å².